The highest BCUT2D eigenvalue weighted by Gasteiger charge is 2.21. The molecular formula is C11H14N2O2. The number of H-pyrrole nitrogens is 1. The zero-order valence-corrected chi connectivity index (χ0v) is 8.69. The highest BCUT2D eigenvalue weighted by atomic mass is 16.5. The fraction of sp³-hybridized carbons (Fsp3) is 0.455. The van der Waals surface area contributed by atoms with Crippen molar-refractivity contribution in [3.05, 3.63) is 24.0 Å². The molecule has 0 fully saturated rings. The summed E-state index contributed by atoms with van der Waals surface area (Å²) in [5.41, 5.74) is 0.787. The molecule has 1 aliphatic carbocycles. The van der Waals surface area contributed by atoms with Gasteiger partial charge in [0, 0.05) is 0 Å². The van der Waals surface area contributed by atoms with Crippen molar-refractivity contribution in [1.29, 1.82) is 0 Å². The first-order valence-corrected chi connectivity index (χ1v) is 5.14. The number of hydrogen-bond acceptors (Lipinski definition) is 3. The number of aromatic amines is 1. The monoisotopic (exact) mass is 206 g/mol. The van der Waals surface area contributed by atoms with Crippen LogP contribution in [-0.4, -0.2) is 16.2 Å². The van der Waals surface area contributed by atoms with Crippen LogP contribution < -0.4 is 4.74 Å². The lowest BCUT2D eigenvalue weighted by molar-refractivity contribution is -0.139. The first kappa shape index (κ1) is 9.96. The average Bonchev–Trinajstić information content (AvgIpc) is 2.66. The smallest absolute Gasteiger partial charge is 0.314 e. The lowest BCUT2D eigenvalue weighted by Gasteiger charge is -2.15. The van der Waals surface area contributed by atoms with E-state index in [2.05, 4.69) is 16.3 Å². The Bertz CT molecular complexity index is 382. The van der Waals surface area contributed by atoms with E-state index in [1.807, 2.05) is 13.0 Å². The molecule has 4 nitrogen and oxygen atoms in total. The minimum absolute atomic E-state index is 0.00398. The van der Waals surface area contributed by atoms with E-state index >= 15 is 0 Å². The Hall–Kier alpha value is -1.58. The molecule has 0 bridgehead atoms. The van der Waals surface area contributed by atoms with Crippen molar-refractivity contribution in [3.8, 4) is 5.75 Å². The summed E-state index contributed by atoms with van der Waals surface area (Å²) >= 11 is 0. The molecule has 15 heavy (non-hydrogen) atoms. The second-order valence-corrected chi connectivity index (χ2v) is 3.76. The normalized spacial score (nSPS) is 20.2. The average molecular weight is 206 g/mol. The summed E-state index contributed by atoms with van der Waals surface area (Å²) in [7, 11) is 0. The molecule has 1 atom stereocenters. The predicted octanol–water partition coefficient (Wildman–Crippen LogP) is 1.98. The van der Waals surface area contributed by atoms with E-state index in [4.69, 9.17) is 4.74 Å². The molecule has 80 valence electrons. The van der Waals surface area contributed by atoms with Gasteiger partial charge in [0.2, 0.25) is 0 Å². The number of ether oxygens (including phenoxy) is 1. The predicted molar refractivity (Wildman–Crippen MR) is 55.4 cm³/mol. The summed E-state index contributed by atoms with van der Waals surface area (Å²) in [5.74, 6) is 0.391. The molecule has 1 heterocycles. The molecule has 1 N–H and O–H groups in total. The van der Waals surface area contributed by atoms with E-state index in [-0.39, 0.29) is 11.9 Å². The first-order chi connectivity index (χ1) is 7.27. The molecule has 0 spiro atoms. The summed E-state index contributed by atoms with van der Waals surface area (Å²) in [4.78, 5) is 11.7. The molecule has 1 aromatic rings. The number of hydrogen-bond donors (Lipinski definition) is 1. The summed E-state index contributed by atoms with van der Waals surface area (Å²) in [6.45, 7) is 1.83. The van der Waals surface area contributed by atoms with Crippen molar-refractivity contribution in [3.63, 3.8) is 0 Å². The van der Waals surface area contributed by atoms with Gasteiger partial charge in [-0.2, -0.15) is 5.10 Å². The van der Waals surface area contributed by atoms with Gasteiger partial charge in [0.15, 0.2) is 5.75 Å². The Morgan fingerprint density at radius 2 is 2.47 bits per heavy atom. The first-order valence-electron chi connectivity index (χ1n) is 5.14. The van der Waals surface area contributed by atoms with E-state index in [0.717, 1.165) is 25.0 Å². The van der Waals surface area contributed by atoms with Gasteiger partial charge in [0.25, 0.3) is 0 Å². The fourth-order valence-corrected chi connectivity index (χ4v) is 1.64. The van der Waals surface area contributed by atoms with Gasteiger partial charge >= 0.3 is 5.97 Å². The zero-order chi connectivity index (χ0) is 10.7. The van der Waals surface area contributed by atoms with Gasteiger partial charge in [-0.25, -0.2) is 0 Å². The van der Waals surface area contributed by atoms with Crippen LogP contribution in [0.2, 0.25) is 0 Å². The highest BCUT2D eigenvalue weighted by molar-refractivity contribution is 5.75. The van der Waals surface area contributed by atoms with Crippen molar-refractivity contribution in [1.82, 2.24) is 10.2 Å². The Labute approximate surface area is 88.3 Å². The number of carbonyl (C=O) groups excluding carboxylic acids is 1. The minimum Gasteiger partial charge on any atom is -0.423 e. The maximum Gasteiger partial charge on any atom is 0.314 e. The minimum atomic E-state index is -0.149. The van der Waals surface area contributed by atoms with Gasteiger partial charge in [-0.15, -0.1) is 0 Å². The number of esters is 1. The van der Waals surface area contributed by atoms with Gasteiger partial charge in [0.05, 0.1) is 17.8 Å². The third-order valence-electron chi connectivity index (χ3n) is 2.60. The van der Waals surface area contributed by atoms with Crippen molar-refractivity contribution >= 4 is 5.97 Å². The lowest BCUT2D eigenvalue weighted by Crippen LogP contribution is -2.21. The molecule has 0 saturated heterocycles. The van der Waals surface area contributed by atoms with Crippen LogP contribution in [0.15, 0.2) is 18.3 Å². The second kappa shape index (κ2) is 4.29. The summed E-state index contributed by atoms with van der Waals surface area (Å²) in [5, 5.41) is 6.54. The largest absolute Gasteiger partial charge is 0.423 e. The van der Waals surface area contributed by atoms with Crippen molar-refractivity contribution < 1.29 is 9.53 Å². The van der Waals surface area contributed by atoms with Crippen molar-refractivity contribution in [2.45, 2.75) is 26.2 Å². The molecule has 0 aromatic carbocycles. The number of carbonyl (C=O) groups is 1. The van der Waals surface area contributed by atoms with E-state index in [0.29, 0.717) is 5.75 Å². The highest BCUT2D eigenvalue weighted by Crippen LogP contribution is 2.22. The van der Waals surface area contributed by atoms with Crippen LogP contribution in [0.1, 0.15) is 25.0 Å². The zero-order valence-electron chi connectivity index (χ0n) is 8.69. The Morgan fingerprint density at radius 3 is 3.07 bits per heavy atom. The molecule has 0 saturated carbocycles. The molecule has 1 aliphatic rings. The number of aryl methyl sites for hydroxylation is 1. The quantitative estimate of drug-likeness (QED) is 0.594. The number of aromatic nitrogens is 2. The molecule has 1 unspecified atom stereocenters. The maximum atomic E-state index is 11.7. The van der Waals surface area contributed by atoms with E-state index in [9.17, 15) is 4.79 Å². The molecular weight excluding hydrogens is 192 g/mol. The van der Waals surface area contributed by atoms with Gasteiger partial charge in [-0.1, -0.05) is 12.2 Å². The summed E-state index contributed by atoms with van der Waals surface area (Å²) in [6.07, 6.45) is 8.31. The van der Waals surface area contributed by atoms with E-state index < -0.39 is 0 Å². The van der Waals surface area contributed by atoms with Gasteiger partial charge in [0.1, 0.15) is 0 Å². The SMILES string of the molecule is Cc1[nH]ncc1OC(=O)C1CC=CCC1. The molecule has 0 amide bonds. The third-order valence-corrected chi connectivity index (χ3v) is 2.60. The Morgan fingerprint density at radius 1 is 1.60 bits per heavy atom. The van der Waals surface area contributed by atoms with Gasteiger partial charge in [-0.05, 0) is 26.2 Å². The number of nitrogens with one attached hydrogen (secondary N) is 1. The topological polar surface area (TPSA) is 55.0 Å². The molecule has 0 aliphatic heterocycles. The molecule has 1 aromatic heterocycles. The maximum absolute atomic E-state index is 11.7. The van der Waals surface area contributed by atoms with Crippen LogP contribution >= 0.6 is 0 Å². The van der Waals surface area contributed by atoms with Crippen LogP contribution in [0.3, 0.4) is 0 Å². The van der Waals surface area contributed by atoms with Crippen LogP contribution in [0.5, 0.6) is 5.75 Å². The number of rotatable bonds is 2. The van der Waals surface area contributed by atoms with Gasteiger partial charge in [-0.3, -0.25) is 9.89 Å². The molecule has 2 rings (SSSR count). The standard InChI is InChI=1S/C11H14N2O2/c1-8-10(7-12-13-8)15-11(14)9-5-3-2-4-6-9/h2-3,7,9H,4-6H2,1H3,(H,12,13). The molecule has 4 heteroatoms. The second-order valence-electron chi connectivity index (χ2n) is 3.76. The van der Waals surface area contributed by atoms with Gasteiger partial charge < -0.3 is 4.74 Å². The fourth-order valence-electron chi connectivity index (χ4n) is 1.64. The van der Waals surface area contributed by atoms with Crippen LogP contribution in [0, 0.1) is 12.8 Å². The lowest BCUT2D eigenvalue weighted by atomic mass is 9.95. The van der Waals surface area contributed by atoms with Crippen LogP contribution in [0.4, 0.5) is 0 Å². The van der Waals surface area contributed by atoms with E-state index in [1.54, 1.807) is 0 Å². The van der Waals surface area contributed by atoms with Crippen molar-refractivity contribution in [2.75, 3.05) is 0 Å². The van der Waals surface area contributed by atoms with Crippen LogP contribution in [-0.2, 0) is 4.79 Å². The van der Waals surface area contributed by atoms with Crippen LogP contribution in [0.25, 0.3) is 0 Å². The van der Waals surface area contributed by atoms with E-state index in [1.165, 1.54) is 6.20 Å². The number of allylic oxidation sites excluding steroid dienone is 2. The number of nitrogens with zero attached hydrogens (tertiary/aromatic N) is 1. The third kappa shape index (κ3) is 2.26. The Balaban J connectivity index is 1.97. The summed E-state index contributed by atoms with van der Waals surface area (Å²) < 4.78 is 5.26. The van der Waals surface area contributed by atoms with Crippen molar-refractivity contribution in [2.24, 2.45) is 5.92 Å². The molecule has 0 radical (unpaired) electrons. The summed E-state index contributed by atoms with van der Waals surface area (Å²) in [6, 6.07) is 0. The Kier molecular flexibility index (Phi) is 2.85.